The van der Waals surface area contributed by atoms with Crippen molar-refractivity contribution in [2.45, 2.75) is 63.2 Å². The van der Waals surface area contributed by atoms with Crippen LogP contribution in [0.5, 0.6) is 6.01 Å². The maximum Gasteiger partial charge on any atom is 0.318 e. The Balaban J connectivity index is 0.00000289. The predicted molar refractivity (Wildman–Crippen MR) is 151 cm³/mol. The van der Waals surface area contributed by atoms with Crippen molar-refractivity contribution < 1.29 is 14.9 Å². The summed E-state index contributed by atoms with van der Waals surface area (Å²) in [5.41, 5.74) is 3.01. The molecule has 7 nitrogen and oxygen atoms in total. The largest absolute Gasteiger partial charge is 0.462 e. The first kappa shape index (κ1) is 25.0. The number of aromatic nitrogens is 2. The lowest BCUT2D eigenvalue weighted by molar-refractivity contribution is 0.151. The predicted octanol–water partition coefficient (Wildman–Crippen LogP) is 4.79. The number of fused-ring (bicyclic) bond motifs is 4. The summed E-state index contributed by atoms with van der Waals surface area (Å²) in [5, 5.41) is 5.54. The van der Waals surface area contributed by atoms with E-state index < -0.39 is 6.43 Å². The average Bonchev–Trinajstić information content (AvgIpc) is 3.53. The molecule has 4 aliphatic rings. The number of likely N-dealkylation sites (N-methyl/N-ethyl adjacent to an activating group) is 1. The van der Waals surface area contributed by atoms with Gasteiger partial charge in [0, 0.05) is 61.4 Å². The molecule has 2 bridgehead atoms. The third-order valence-electron chi connectivity index (χ3n) is 9.07. The molecule has 0 saturated carbocycles. The third-order valence-corrected chi connectivity index (χ3v) is 9.07. The molecular formula is C30H38F2N6O. The van der Waals surface area contributed by atoms with Gasteiger partial charge in [0.05, 0.1) is 12.2 Å². The Morgan fingerprint density at radius 1 is 1.05 bits per heavy atom. The number of hydrogen-bond acceptors (Lipinski definition) is 7. The Morgan fingerprint density at radius 3 is 2.64 bits per heavy atom. The summed E-state index contributed by atoms with van der Waals surface area (Å²) in [5.74, 6) is 0.999. The zero-order chi connectivity index (χ0) is 26.5. The number of nitrogens with one attached hydrogen (secondary N) is 1. The minimum atomic E-state index is -2.52. The highest BCUT2D eigenvalue weighted by Gasteiger charge is 2.35. The second-order valence-corrected chi connectivity index (χ2v) is 11.6. The van der Waals surface area contributed by atoms with Crippen LogP contribution in [-0.2, 0) is 13.0 Å². The Bertz CT molecular complexity index is 1360. The number of rotatable bonds is 6. The minimum Gasteiger partial charge on any atom is -0.462 e. The van der Waals surface area contributed by atoms with E-state index in [0.717, 1.165) is 67.0 Å². The van der Waals surface area contributed by atoms with Crippen molar-refractivity contribution >= 4 is 22.3 Å². The van der Waals surface area contributed by atoms with Gasteiger partial charge in [-0.15, -0.1) is 0 Å². The van der Waals surface area contributed by atoms with Crippen molar-refractivity contribution in [3.63, 3.8) is 0 Å². The van der Waals surface area contributed by atoms with Crippen LogP contribution in [0.4, 0.5) is 20.3 Å². The van der Waals surface area contributed by atoms with Crippen LogP contribution in [0.3, 0.4) is 0 Å². The topological polar surface area (TPSA) is 56.8 Å². The molecule has 0 radical (unpaired) electrons. The Hall–Kier alpha value is -3.04. The number of anilines is 2. The van der Waals surface area contributed by atoms with Crippen molar-refractivity contribution in [3.8, 4) is 6.01 Å². The van der Waals surface area contributed by atoms with E-state index in [-0.39, 0.29) is 6.99 Å². The van der Waals surface area contributed by atoms with Crippen LogP contribution >= 0.6 is 0 Å². The molecular weight excluding hydrogens is 498 g/mol. The molecule has 208 valence electrons. The highest BCUT2D eigenvalue weighted by Crippen LogP contribution is 2.37. The Kier molecular flexibility index (Phi) is 6.51. The average molecular weight is 537 g/mol. The lowest BCUT2D eigenvalue weighted by atomic mass is 10.00. The highest BCUT2D eigenvalue weighted by molar-refractivity contribution is 5.95. The molecule has 1 aromatic heterocycles. The summed E-state index contributed by atoms with van der Waals surface area (Å²) < 4.78 is 33.9. The van der Waals surface area contributed by atoms with Gasteiger partial charge in [0.25, 0.3) is 6.43 Å². The molecule has 1 N–H and O–H groups in total. The van der Waals surface area contributed by atoms with Gasteiger partial charge in [-0.05, 0) is 63.2 Å². The molecule has 3 fully saturated rings. The zero-order valence-corrected chi connectivity index (χ0v) is 22.5. The number of likely N-dealkylation sites (tertiary alicyclic amines) is 1. The van der Waals surface area contributed by atoms with E-state index >= 15 is 0 Å². The molecule has 3 saturated heterocycles. The first-order valence-corrected chi connectivity index (χ1v) is 14.3. The van der Waals surface area contributed by atoms with Crippen molar-refractivity contribution in [1.29, 1.82) is 0 Å². The van der Waals surface area contributed by atoms with Crippen LogP contribution < -0.4 is 19.9 Å². The Labute approximate surface area is 229 Å². The molecule has 2 unspecified atom stereocenters. The van der Waals surface area contributed by atoms with Gasteiger partial charge in [0.1, 0.15) is 12.4 Å². The van der Waals surface area contributed by atoms with E-state index in [2.05, 4.69) is 27.1 Å². The van der Waals surface area contributed by atoms with Gasteiger partial charge in [-0.25, -0.2) is 8.78 Å². The van der Waals surface area contributed by atoms with Crippen molar-refractivity contribution in [2.75, 3.05) is 49.6 Å². The molecule has 4 aliphatic heterocycles. The summed E-state index contributed by atoms with van der Waals surface area (Å²) in [6.45, 7) is 4.82. The maximum absolute atomic E-state index is 13.8. The fourth-order valence-electron chi connectivity index (χ4n) is 6.95. The normalized spacial score (nSPS) is 25.1. The van der Waals surface area contributed by atoms with Crippen LogP contribution in [0.25, 0.3) is 10.8 Å². The van der Waals surface area contributed by atoms with E-state index in [9.17, 15) is 8.78 Å². The number of nitrogens with zero attached hydrogens (tertiary/aromatic N) is 5. The van der Waals surface area contributed by atoms with Crippen LogP contribution in [-0.4, -0.2) is 72.8 Å². The smallest absolute Gasteiger partial charge is 0.318 e. The molecule has 9 heteroatoms. The summed E-state index contributed by atoms with van der Waals surface area (Å²) in [4.78, 5) is 16.9. The van der Waals surface area contributed by atoms with Crippen LogP contribution in [0.2, 0.25) is 0 Å². The van der Waals surface area contributed by atoms with Crippen molar-refractivity contribution in [2.24, 2.45) is 0 Å². The lowest BCUT2D eigenvalue weighted by Crippen LogP contribution is -2.52. The van der Waals surface area contributed by atoms with E-state index in [0.29, 0.717) is 37.3 Å². The molecule has 7 rings (SSSR count). The molecule has 5 heterocycles. The summed E-state index contributed by atoms with van der Waals surface area (Å²) in [7, 11) is 2.15. The fraction of sp³-hybridized carbons (Fsp3) is 0.533. The number of ether oxygens (including phenoxy) is 1. The molecule has 0 spiro atoms. The van der Waals surface area contributed by atoms with E-state index in [1.807, 2.05) is 24.3 Å². The van der Waals surface area contributed by atoms with Gasteiger partial charge in [-0.2, -0.15) is 9.97 Å². The fourth-order valence-corrected chi connectivity index (χ4v) is 6.95. The molecule has 3 atom stereocenters. The van der Waals surface area contributed by atoms with Gasteiger partial charge in [-0.3, -0.25) is 0 Å². The first-order valence-electron chi connectivity index (χ1n) is 14.3. The third kappa shape index (κ3) is 4.80. The lowest BCUT2D eigenvalue weighted by Gasteiger charge is -2.37. The monoisotopic (exact) mass is 536 g/mol. The van der Waals surface area contributed by atoms with Crippen LogP contribution in [0, 0.1) is 0 Å². The SMILES string of the molecule is CN1CCC[C@H]1COc1nc2c(c(N3CC4CCC(C3)N4)n1)CCN(c1cc(C(F)F)cc3ccccc13)C2.[HH]. The minimum absolute atomic E-state index is 0. The number of alkyl halides is 2. The zero-order valence-electron chi connectivity index (χ0n) is 22.5. The first-order chi connectivity index (χ1) is 19.0. The maximum atomic E-state index is 13.8. The van der Waals surface area contributed by atoms with Gasteiger partial charge < -0.3 is 24.8 Å². The van der Waals surface area contributed by atoms with Crippen molar-refractivity contribution in [3.05, 3.63) is 53.2 Å². The molecule has 0 aliphatic carbocycles. The van der Waals surface area contributed by atoms with E-state index in [1.54, 1.807) is 12.1 Å². The number of benzene rings is 2. The van der Waals surface area contributed by atoms with Gasteiger partial charge in [-0.1, -0.05) is 24.3 Å². The van der Waals surface area contributed by atoms with Crippen LogP contribution in [0.1, 0.15) is 50.4 Å². The molecule has 39 heavy (non-hydrogen) atoms. The quantitative estimate of drug-likeness (QED) is 0.486. The van der Waals surface area contributed by atoms with Gasteiger partial charge in [0.15, 0.2) is 0 Å². The highest BCUT2D eigenvalue weighted by atomic mass is 19.3. The van der Waals surface area contributed by atoms with Gasteiger partial charge in [0.2, 0.25) is 0 Å². The molecule has 3 aromatic rings. The van der Waals surface area contributed by atoms with Gasteiger partial charge >= 0.3 is 6.01 Å². The number of hydrogen-bond donors (Lipinski definition) is 1. The molecule has 2 aromatic carbocycles. The summed E-state index contributed by atoms with van der Waals surface area (Å²) in [6.07, 6.45) is 2.96. The second-order valence-electron chi connectivity index (χ2n) is 11.6. The summed E-state index contributed by atoms with van der Waals surface area (Å²) in [6, 6.07) is 12.9. The molecule has 0 amide bonds. The van der Waals surface area contributed by atoms with E-state index in [1.165, 1.54) is 24.8 Å². The standard InChI is InChI=1S/C30H36F2N6O.H2/c1-36-11-4-6-23(36)18-39-30-34-26-17-37(27-14-20(28(31)32)13-19-5-2-3-7-24(19)27)12-10-25(26)29(35-30)38-15-21-8-9-22(16-38)33-21;/h2-3,5,7,13-14,21-23,28,33H,4,6,8-12,15-18H2,1H3;1H/t21?,22?,23-;/m0./s1. The second kappa shape index (κ2) is 10.2. The number of halogens is 2. The van der Waals surface area contributed by atoms with Crippen LogP contribution in [0.15, 0.2) is 36.4 Å². The van der Waals surface area contributed by atoms with Crippen molar-refractivity contribution in [1.82, 2.24) is 20.2 Å². The van der Waals surface area contributed by atoms with E-state index in [4.69, 9.17) is 14.7 Å². The summed E-state index contributed by atoms with van der Waals surface area (Å²) >= 11 is 0. The number of piperazine rings is 1. The Morgan fingerprint density at radius 2 is 1.87 bits per heavy atom.